The minimum absolute atomic E-state index is 0.0635. The highest BCUT2D eigenvalue weighted by Crippen LogP contribution is 2.22. The van der Waals surface area contributed by atoms with E-state index in [9.17, 15) is 0 Å². The predicted octanol–water partition coefficient (Wildman–Crippen LogP) is 3.79. The van der Waals surface area contributed by atoms with E-state index in [1.54, 1.807) is 6.26 Å². The molecule has 20 heavy (non-hydrogen) atoms. The van der Waals surface area contributed by atoms with Gasteiger partial charge in [-0.15, -0.1) is 0 Å². The van der Waals surface area contributed by atoms with Crippen molar-refractivity contribution in [3.05, 3.63) is 30.2 Å². The van der Waals surface area contributed by atoms with Crippen LogP contribution in [0.15, 0.2) is 34.0 Å². The van der Waals surface area contributed by atoms with Gasteiger partial charge in [0.2, 0.25) is 0 Å². The molecule has 2 heterocycles. The van der Waals surface area contributed by atoms with Crippen LogP contribution in [-0.2, 0) is 0 Å². The van der Waals surface area contributed by atoms with E-state index in [-0.39, 0.29) is 6.04 Å². The molecule has 0 bridgehead atoms. The van der Waals surface area contributed by atoms with Gasteiger partial charge >= 0.3 is 0 Å². The van der Waals surface area contributed by atoms with E-state index in [1.165, 1.54) is 11.8 Å². The number of nitrogens with one attached hydrogen (secondary N) is 2. The van der Waals surface area contributed by atoms with Crippen molar-refractivity contribution in [2.75, 3.05) is 23.4 Å². The van der Waals surface area contributed by atoms with Crippen molar-refractivity contribution in [2.45, 2.75) is 31.5 Å². The summed E-state index contributed by atoms with van der Waals surface area (Å²) in [6.45, 7) is 5.07. The van der Waals surface area contributed by atoms with E-state index in [1.807, 2.05) is 31.4 Å². The van der Waals surface area contributed by atoms with E-state index >= 15 is 0 Å². The van der Waals surface area contributed by atoms with Gasteiger partial charge in [0, 0.05) is 12.6 Å². The largest absolute Gasteiger partial charge is 0.467 e. The van der Waals surface area contributed by atoms with Crippen LogP contribution in [-0.4, -0.2) is 22.8 Å². The first kappa shape index (κ1) is 14.7. The second-order valence-electron chi connectivity index (χ2n) is 4.43. The lowest BCUT2D eigenvalue weighted by molar-refractivity contribution is 0.490. The molecule has 0 amide bonds. The first-order valence-electron chi connectivity index (χ1n) is 6.69. The predicted molar refractivity (Wildman–Crippen MR) is 83.3 cm³/mol. The van der Waals surface area contributed by atoms with Gasteiger partial charge in [-0.3, -0.25) is 0 Å². The third-order valence-electron chi connectivity index (χ3n) is 2.78. The van der Waals surface area contributed by atoms with E-state index in [2.05, 4.69) is 27.5 Å². The number of thioether (sulfide) groups is 1. The number of hydrogen-bond acceptors (Lipinski definition) is 6. The number of rotatable bonds is 7. The van der Waals surface area contributed by atoms with Crippen molar-refractivity contribution < 1.29 is 4.42 Å². The smallest absolute Gasteiger partial charge is 0.191 e. The minimum Gasteiger partial charge on any atom is -0.467 e. The quantitative estimate of drug-likeness (QED) is 0.598. The average Bonchev–Trinajstić information content (AvgIpc) is 2.99. The maximum atomic E-state index is 5.39. The van der Waals surface area contributed by atoms with Gasteiger partial charge < -0.3 is 15.1 Å². The van der Waals surface area contributed by atoms with Crippen LogP contribution in [0.1, 0.15) is 32.1 Å². The summed E-state index contributed by atoms with van der Waals surface area (Å²) in [7, 11) is 0. The van der Waals surface area contributed by atoms with Gasteiger partial charge in [-0.2, -0.15) is 0 Å². The SMILES string of the molecule is CCCNc1cc(NC(C)c2ccco2)nc(SC)n1. The molecule has 0 aromatic carbocycles. The molecule has 2 N–H and O–H groups in total. The molecule has 0 aliphatic heterocycles. The molecule has 0 saturated carbocycles. The van der Waals surface area contributed by atoms with Gasteiger partial charge in [0.1, 0.15) is 17.4 Å². The first-order valence-corrected chi connectivity index (χ1v) is 7.92. The topological polar surface area (TPSA) is 63.0 Å². The maximum Gasteiger partial charge on any atom is 0.191 e. The van der Waals surface area contributed by atoms with Crippen molar-refractivity contribution in [1.29, 1.82) is 0 Å². The second kappa shape index (κ2) is 7.19. The molecule has 1 unspecified atom stereocenters. The molecule has 0 aliphatic carbocycles. The number of aromatic nitrogens is 2. The summed E-state index contributed by atoms with van der Waals surface area (Å²) in [4.78, 5) is 8.91. The van der Waals surface area contributed by atoms with Crippen LogP contribution in [0.3, 0.4) is 0 Å². The molecule has 108 valence electrons. The number of hydrogen-bond donors (Lipinski definition) is 2. The zero-order valence-corrected chi connectivity index (χ0v) is 12.8. The van der Waals surface area contributed by atoms with Crippen molar-refractivity contribution in [3.63, 3.8) is 0 Å². The van der Waals surface area contributed by atoms with Crippen LogP contribution in [0, 0.1) is 0 Å². The average molecular weight is 292 g/mol. The zero-order chi connectivity index (χ0) is 14.4. The lowest BCUT2D eigenvalue weighted by Gasteiger charge is -2.14. The Bertz CT molecular complexity index is 530. The molecule has 0 radical (unpaired) electrons. The van der Waals surface area contributed by atoms with Gasteiger partial charge in [-0.05, 0) is 31.7 Å². The highest BCUT2D eigenvalue weighted by atomic mass is 32.2. The first-order chi connectivity index (χ1) is 9.72. The van der Waals surface area contributed by atoms with Gasteiger partial charge in [-0.25, -0.2) is 9.97 Å². The number of anilines is 2. The summed E-state index contributed by atoms with van der Waals surface area (Å²) in [5.74, 6) is 2.53. The van der Waals surface area contributed by atoms with E-state index in [0.29, 0.717) is 0 Å². The van der Waals surface area contributed by atoms with Crippen LogP contribution in [0.4, 0.5) is 11.6 Å². The van der Waals surface area contributed by atoms with E-state index in [0.717, 1.165) is 35.5 Å². The highest BCUT2D eigenvalue weighted by Gasteiger charge is 2.10. The molecule has 2 aromatic rings. The van der Waals surface area contributed by atoms with Crippen LogP contribution >= 0.6 is 11.8 Å². The molecule has 2 rings (SSSR count). The van der Waals surface area contributed by atoms with Gasteiger partial charge in [0.25, 0.3) is 0 Å². The molecule has 0 fully saturated rings. The Morgan fingerprint density at radius 3 is 2.80 bits per heavy atom. The van der Waals surface area contributed by atoms with E-state index < -0.39 is 0 Å². The Hall–Kier alpha value is -1.69. The van der Waals surface area contributed by atoms with Crippen LogP contribution in [0.25, 0.3) is 0 Å². The van der Waals surface area contributed by atoms with Gasteiger partial charge in [0.15, 0.2) is 5.16 Å². The monoisotopic (exact) mass is 292 g/mol. The van der Waals surface area contributed by atoms with Gasteiger partial charge in [0.05, 0.1) is 12.3 Å². The van der Waals surface area contributed by atoms with E-state index in [4.69, 9.17) is 4.42 Å². The summed E-state index contributed by atoms with van der Waals surface area (Å²) < 4.78 is 5.39. The van der Waals surface area contributed by atoms with Crippen LogP contribution < -0.4 is 10.6 Å². The van der Waals surface area contributed by atoms with Crippen molar-refractivity contribution >= 4 is 23.4 Å². The fraction of sp³-hybridized carbons (Fsp3) is 0.429. The zero-order valence-electron chi connectivity index (χ0n) is 12.0. The minimum atomic E-state index is 0.0635. The molecular weight excluding hydrogens is 272 g/mol. The molecule has 0 aliphatic rings. The molecule has 2 aromatic heterocycles. The Morgan fingerprint density at radius 1 is 1.35 bits per heavy atom. The van der Waals surface area contributed by atoms with Crippen molar-refractivity contribution in [1.82, 2.24) is 9.97 Å². The Balaban J connectivity index is 2.13. The third kappa shape index (κ3) is 3.90. The molecule has 0 spiro atoms. The molecular formula is C14H20N4OS. The standard InChI is InChI=1S/C14H20N4OS/c1-4-7-15-12-9-13(18-14(17-12)20-3)16-10(2)11-6-5-8-19-11/h5-6,8-10H,4,7H2,1-3H3,(H2,15,16,17,18). The summed E-state index contributed by atoms with van der Waals surface area (Å²) in [6.07, 6.45) is 4.71. The lowest BCUT2D eigenvalue weighted by Crippen LogP contribution is -2.10. The summed E-state index contributed by atoms with van der Waals surface area (Å²) >= 11 is 1.53. The molecule has 6 heteroatoms. The third-order valence-corrected chi connectivity index (χ3v) is 3.33. The van der Waals surface area contributed by atoms with Gasteiger partial charge in [-0.1, -0.05) is 18.7 Å². The number of nitrogens with zero attached hydrogens (tertiary/aromatic N) is 2. The highest BCUT2D eigenvalue weighted by molar-refractivity contribution is 7.98. The normalized spacial score (nSPS) is 12.2. The molecule has 0 saturated heterocycles. The second-order valence-corrected chi connectivity index (χ2v) is 5.21. The van der Waals surface area contributed by atoms with Crippen LogP contribution in [0.5, 0.6) is 0 Å². The van der Waals surface area contributed by atoms with Crippen LogP contribution in [0.2, 0.25) is 0 Å². The van der Waals surface area contributed by atoms with Crippen molar-refractivity contribution in [3.8, 4) is 0 Å². The lowest BCUT2D eigenvalue weighted by atomic mass is 10.2. The Kier molecular flexibility index (Phi) is 5.29. The fourth-order valence-corrected chi connectivity index (χ4v) is 2.14. The summed E-state index contributed by atoms with van der Waals surface area (Å²) in [5, 5.41) is 7.38. The maximum absolute atomic E-state index is 5.39. The fourth-order valence-electron chi connectivity index (χ4n) is 1.76. The summed E-state index contributed by atoms with van der Waals surface area (Å²) in [5.41, 5.74) is 0. The Labute approximate surface area is 123 Å². The number of furan rings is 1. The Morgan fingerprint density at radius 2 is 2.15 bits per heavy atom. The van der Waals surface area contributed by atoms with Crippen molar-refractivity contribution in [2.24, 2.45) is 0 Å². The summed E-state index contributed by atoms with van der Waals surface area (Å²) in [6, 6.07) is 5.82. The molecule has 1 atom stereocenters. The molecule has 5 nitrogen and oxygen atoms in total.